The minimum atomic E-state index is -0.598. The number of carbonyl (C=O) groups excluding carboxylic acids is 2. The average Bonchev–Trinajstić information content (AvgIpc) is 2.50. The Labute approximate surface area is 133 Å². The number of hydrogen-bond donors (Lipinski definition) is 2. The second-order valence-corrected chi connectivity index (χ2v) is 5.90. The fourth-order valence-corrected chi connectivity index (χ4v) is 2.31. The number of rotatable bonds is 7. The van der Waals surface area contributed by atoms with Crippen molar-refractivity contribution in [3.8, 4) is 0 Å². The second kappa shape index (κ2) is 9.23. The van der Waals surface area contributed by atoms with Crippen LogP contribution >= 0.6 is 0 Å². The number of unbranched alkanes of at least 4 members (excludes halogenated alkanes) is 1. The Morgan fingerprint density at radius 3 is 2.50 bits per heavy atom. The molecule has 0 bridgehead atoms. The molecule has 0 aromatic heterocycles. The van der Waals surface area contributed by atoms with Crippen LogP contribution in [0.4, 0.5) is 5.69 Å². The molecule has 0 fully saturated rings. The van der Waals surface area contributed by atoms with Gasteiger partial charge in [0.05, 0.1) is 0 Å². The van der Waals surface area contributed by atoms with Crippen LogP contribution in [0.25, 0.3) is 0 Å². The number of nitrogens with one attached hydrogen (secondary N) is 2. The molecule has 1 atom stereocenters. The summed E-state index contributed by atoms with van der Waals surface area (Å²) in [4.78, 5) is 23.9. The van der Waals surface area contributed by atoms with E-state index in [0.29, 0.717) is 18.2 Å². The van der Waals surface area contributed by atoms with Crippen molar-refractivity contribution in [2.45, 2.75) is 53.4 Å². The Kier molecular flexibility index (Phi) is 7.64. The van der Waals surface area contributed by atoms with Crippen molar-refractivity contribution in [3.05, 3.63) is 29.3 Å². The maximum absolute atomic E-state index is 12.0. The first-order valence-corrected chi connectivity index (χ1v) is 8.14. The molecular formula is C18H28N2O2. The number of hydrogen-bond acceptors (Lipinski definition) is 2. The lowest BCUT2D eigenvalue weighted by molar-refractivity contribution is -0.136. The van der Waals surface area contributed by atoms with Crippen molar-refractivity contribution in [3.63, 3.8) is 0 Å². The van der Waals surface area contributed by atoms with Gasteiger partial charge in [-0.15, -0.1) is 0 Å². The molecule has 2 amide bonds. The van der Waals surface area contributed by atoms with Crippen LogP contribution in [0.15, 0.2) is 18.2 Å². The van der Waals surface area contributed by atoms with Crippen molar-refractivity contribution in [1.82, 2.24) is 5.32 Å². The maximum Gasteiger partial charge on any atom is 0.313 e. The summed E-state index contributed by atoms with van der Waals surface area (Å²) in [7, 11) is 0. The van der Waals surface area contributed by atoms with Crippen LogP contribution in [0.5, 0.6) is 0 Å². The molecule has 1 aromatic carbocycles. The smallest absolute Gasteiger partial charge is 0.313 e. The summed E-state index contributed by atoms with van der Waals surface area (Å²) in [6, 6.07) is 5.78. The number of benzene rings is 1. The summed E-state index contributed by atoms with van der Waals surface area (Å²) in [6.07, 6.45) is 4.41. The molecule has 1 rings (SSSR count). The summed E-state index contributed by atoms with van der Waals surface area (Å²) in [5.74, 6) is -0.715. The monoisotopic (exact) mass is 304 g/mol. The molecule has 4 heteroatoms. The minimum Gasteiger partial charge on any atom is -0.348 e. The Morgan fingerprint density at radius 1 is 1.14 bits per heavy atom. The third kappa shape index (κ3) is 5.88. The van der Waals surface area contributed by atoms with E-state index in [0.717, 1.165) is 36.8 Å². The normalized spacial score (nSPS) is 11.8. The molecule has 0 saturated heterocycles. The Balaban J connectivity index is 2.51. The van der Waals surface area contributed by atoms with E-state index in [9.17, 15) is 9.59 Å². The van der Waals surface area contributed by atoms with Gasteiger partial charge in [0.25, 0.3) is 0 Å². The summed E-state index contributed by atoms with van der Waals surface area (Å²) >= 11 is 0. The van der Waals surface area contributed by atoms with Crippen molar-refractivity contribution in [2.75, 3.05) is 11.9 Å². The van der Waals surface area contributed by atoms with E-state index in [1.165, 1.54) is 0 Å². The van der Waals surface area contributed by atoms with E-state index in [-0.39, 0.29) is 0 Å². The van der Waals surface area contributed by atoms with Gasteiger partial charge >= 0.3 is 11.8 Å². The average molecular weight is 304 g/mol. The molecule has 1 unspecified atom stereocenters. The number of aryl methyl sites for hydroxylation is 2. The zero-order valence-corrected chi connectivity index (χ0v) is 14.2. The van der Waals surface area contributed by atoms with Gasteiger partial charge in [-0.3, -0.25) is 9.59 Å². The molecule has 0 radical (unpaired) electrons. The van der Waals surface area contributed by atoms with Gasteiger partial charge in [-0.1, -0.05) is 45.2 Å². The van der Waals surface area contributed by atoms with E-state index < -0.39 is 11.8 Å². The summed E-state index contributed by atoms with van der Waals surface area (Å²) in [5.41, 5.74) is 2.69. The summed E-state index contributed by atoms with van der Waals surface area (Å²) in [6.45, 7) is 8.70. The molecule has 4 nitrogen and oxygen atoms in total. The molecule has 0 aliphatic heterocycles. The zero-order chi connectivity index (χ0) is 16.5. The first-order valence-electron chi connectivity index (χ1n) is 8.14. The van der Waals surface area contributed by atoms with Crippen LogP contribution in [0.3, 0.4) is 0 Å². The van der Waals surface area contributed by atoms with Gasteiger partial charge < -0.3 is 10.6 Å². The van der Waals surface area contributed by atoms with Crippen molar-refractivity contribution < 1.29 is 9.59 Å². The maximum atomic E-state index is 12.0. The van der Waals surface area contributed by atoms with Gasteiger partial charge in [0.1, 0.15) is 0 Å². The molecule has 22 heavy (non-hydrogen) atoms. The fourth-order valence-electron chi connectivity index (χ4n) is 2.31. The number of carbonyl (C=O) groups is 2. The third-order valence-corrected chi connectivity index (χ3v) is 3.94. The van der Waals surface area contributed by atoms with Gasteiger partial charge in [0.2, 0.25) is 0 Å². The van der Waals surface area contributed by atoms with Gasteiger partial charge in [-0.05, 0) is 43.4 Å². The second-order valence-electron chi connectivity index (χ2n) is 5.90. The lowest BCUT2D eigenvalue weighted by atomic mass is 9.99. The van der Waals surface area contributed by atoms with E-state index in [1.807, 2.05) is 32.0 Å². The predicted molar refractivity (Wildman–Crippen MR) is 90.9 cm³/mol. The first-order chi connectivity index (χ1) is 10.5. The van der Waals surface area contributed by atoms with E-state index in [4.69, 9.17) is 0 Å². The van der Waals surface area contributed by atoms with Crippen molar-refractivity contribution in [2.24, 2.45) is 5.92 Å². The highest BCUT2D eigenvalue weighted by Crippen LogP contribution is 2.16. The van der Waals surface area contributed by atoms with Gasteiger partial charge in [0, 0.05) is 12.2 Å². The molecule has 122 valence electrons. The van der Waals surface area contributed by atoms with Crippen molar-refractivity contribution >= 4 is 17.5 Å². The van der Waals surface area contributed by atoms with Gasteiger partial charge in [0.15, 0.2) is 0 Å². The molecule has 1 aromatic rings. The molecule has 0 heterocycles. The Morgan fingerprint density at radius 2 is 1.86 bits per heavy atom. The highest BCUT2D eigenvalue weighted by molar-refractivity contribution is 6.39. The molecular weight excluding hydrogens is 276 g/mol. The molecule has 2 N–H and O–H groups in total. The van der Waals surface area contributed by atoms with Crippen LogP contribution in [0.2, 0.25) is 0 Å². The number of amides is 2. The highest BCUT2D eigenvalue weighted by atomic mass is 16.2. The first kappa shape index (κ1) is 18.2. The van der Waals surface area contributed by atoms with E-state index in [1.54, 1.807) is 0 Å². The van der Waals surface area contributed by atoms with Gasteiger partial charge in [-0.25, -0.2) is 0 Å². The van der Waals surface area contributed by atoms with E-state index in [2.05, 4.69) is 24.5 Å². The molecule has 0 spiro atoms. The summed E-state index contributed by atoms with van der Waals surface area (Å²) in [5, 5.41) is 5.43. The van der Waals surface area contributed by atoms with E-state index >= 15 is 0 Å². The molecule has 0 saturated carbocycles. The zero-order valence-electron chi connectivity index (χ0n) is 14.2. The van der Waals surface area contributed by atoms with Crippen molar-refractivity contribution in [1.29, 1.82) is 0 Å². The quantitative estimate of drug-likeness (QED) is 0.757. The number of anilines is 1. The van der Waals surface area contributed by atoms with Crippen LogP contribution in [0.1, 0.15) is 50.7 Å². The van der Waals surface area contributed by atoms with Gasteiger partial charge in [-0.2, -0.15) is 0 Å². The fraction of sp³-hybridized carbons (Fsp3) is 0.556. The Hall–Kier alpha value is -1.84. The lowest BCUT2D eigenvalue weighted by Crippen LogP contribution is -2.38. The molecule has 0 aliphatic carbocycles. The third-order valence-electron chi connectivity index (χ3n) is 3.94. The highest BCUT2D eigenvalue weighted by Gasteiger charge is 2.16. The topological polar surface area (TPSA) is 58.2 Å². The van der Waals surface area contributed by atoms with Crippen LogP contribution in [-0.4, -0.2) is 18.4 Å². The van der Waals surface area contributed by atoms with Crippen LogP contribution in [-0.2, 0) is 9.59 Å². The summed E-state index contributed by atoms with van der Waals surface area (Å²) < 4.78 is 0. The SMILES string of the molecule is CCCCC(CC)CNC(=O)C(=O)Nc1cc(C)ccc1C. The predicted octanol–water partition coefficient (Wildman–Crippen LogP) is 3.57. The standard InChI is InChI=1S/C18H28N2O2/c1-5-7-8-15(6-2)12-19-17(21)18(22)20-16-11-13(3)9-10-14(16)4/h9-11,15H,5-8,12H2,1-4H3,(H,19,21)(H,20,22). The minimum absolute atomic E-state index is 0.442. The lowest BCUT2D eigenvalue weighted by Gasteiger charge is -2.15. The van der Waals surface area contributed by atoms with Crippen LogP contribution in [0, 0.1) is 19.8 Å². The largest absolute Gasteiger partial charge is 0.348 e. The molecule has 0 aliphatic rings. The Bertz CT molecular complexity index is 512. The van der Waals surface area contributed by atoms with Crippen LogP contribution < -0.4 is 10.6 Å².